The van der Waals surface area contributed by atoms with Crippen molar-refractivity contribution in [3.63, 3.8) is 0 Å². The van der Waals surface area contributed by atoms with Crippen LogP contribution in [0.4, 0.5) is 5.69 Å². The molecular weight excluding hydrogens is 262 g/mol. The Morgan fingerprint density at radius 1 is 1.24 bits per heavy atom. The van der Waals surface area contributed by atoms with Crippen molar-refractivity contribution in [1.82, 2.24) is 0 Å². The van der Waals surface area contributed by atoms with Crippen LogP contribution >= 0.6 is 0 Å². The monoisotopic (exact) mass is 289 g/mol. The Balaban J connectivity index is 2.05. The molecule has 3 heteroatoms. The number of hydrogen-bond donors (Lipinski definition) is 2. The lowest BCUT2D eigenvalue weighted by Crippen LogP contribution is -2.20. The molecule has 1 aromatic carbocycles. The molecule has 2 unspecified atom stereocenters. The van der Waals surface area contributed by atoms with Gasteiger partial charge in [-0.2, -0.15) is 0 Å². The van der Waals surface area contributed by atoms with Crippen LogP contribution in [0.25, 0.3) is 0 Å². The predicted octanol–water partition coefficient (Wildman–Crippen LogP) is 4.71. The van der Waals surface area contributed by atoms with Gasteiger partial charge in [0.15, 0.2) is 0 Å². The lowest BCUT2D eigenvalue weighted by Gasteiger charge is -2.21. The van der Waals surface area contributed by atoms with Crippen molar-refractivity contribution in [1.29, 1.82) is 0 Å². The zero-order valence-corrected chi connectivity index (χ0v) is 13.4. The highest BCUT2D eigenvalue weighted by molar-refractivity contribution is 5.91. The van der Waals surface area contributed by atoms with Gasteiger partial charge in [0, 0.05) is 11.7 Å². The molecule has 2 atom stereocenters. The first-order chi connectivity index (χ1) is 9.99. The van der Waals surface area contributed by atoms with Gasteiger partial charge in [0.25, 0.3) is 0 Å². The van der Waals surface area contributed by atoms with Gasteiger partial charge in [-0.05, 0) is 55.7 Å². The summed E-state index contributed by atoms with van der Waals surface area (Å²) < 4.78 is 0. The third kappa shape index (κ3) is 3.99. The zero-order valence-electron chi connectivity index (χ0n) is 13.4. The van der Waals surface area contributed by atoms with E-state index in [9.17, 15) is 9.90 Å². The van der Waals surface area contributed by atoms with E-state index in [0.717, 1.165) is 23.1 Å². The number of benzene rings is 1. The van der Waals surface area contributed by atoms with Crippen LogP contribution < -0.4 is 5.32 Å². The number of carboxylic acid groups (broad SMARTS) is 1. The standard InChI is InChI=1S/C18H27NO2/c1-12(2)14-6-4-7-15(11-10-14)19-17-9-5-8-16(13(17)3)18(20)21/h5,8-9,12,14-15,19H,4,6-7,10-11H2,1-3H3,(H,20,21). The van der Waals surface area contributed by atoms with Crippen molar-refractivity contribution in [2.45, 2.75) is 58.9 Å². The van der Waals surface area contributed by atoms with Crippen molar-refractivity contribution >= 4 is 11.7 Å². The fourth-order valence-electron chi connectivity index (χ4n) is 3.38. The smallest absolute Gasteiger partial charge is 0.336 e. The Morgan fingerprint density at radius 2 is 2.00 bits per heavy atom. The number of nitrogens with one attached hydrogen (secondary N) is 1. The van der Waals surface area contributed by atoms with Crippen molar-refractivity contribution in [3.05, 3.63) is 29.3 Å². The SMILES string of the molecule is Cc1c(NC2CCCC(C(C)C)CC2)cccc1C(=O)O. The highest BCUT2D eigenvalue weighted by atomic mass is 16.4. The molecule has 1 aliphatic rings. The first-order valence-electron chi connectivity index (χ1n) is 8.08. The molecule has 1 saturated carbocycles. The van der Waals surface area contributed by atoms with Gasteiger partial charge < -0.3 is 10.4 Å². The van der Waals surface area contributed by atoms with Gasteiger partial charge in [0.05, 0.1) is 5.56 Å². The van der Waals surface area contributed by atoms with E-state index in [1.807, 2.05) is 19.1 Å². The second-order valence-corrected chi connectivity index (χ2v) is 6.64. The van der Waals surface area contributed by atoms with Gasteiger partial charge >= 0.3 is 5.97 Å². The summed E-state index contributed by atoms with van der Waals surface area (Å²) in [4.78, 5) is 11.2. The fraction of sp³-hybridized carbons (Fsp3) is 0.611. The summed E-state index contributed by atoms with van der Waals surface area (Å²) in [6, 6.07) is 5.96. The van der Waals surface area contributed by atoms with Crippen LogP contribution in [-0.2, 0) is 0 Å². The summed E-state index contributed by atoms with van der Waals surface area (Å²) in [5, 5.41) is 12.8. The molecule has 1 aliphatic carbocycles. The molecule has 0 spiro atoms. The normalized spacial score (nSPS) is 22.9. The average Bonchev–Trinajstić information content (AvgIpc) is 2.66. The highest BCUT2D eigenvalue weighted by Crippen LogP contribution is 2.31. The summed E-state index contributed by atoms with van der Waals surface area (Å²) in [5.74, 6) is 0.751. The maximum atomic E-state index is 11.2. The number of aromatic carboxylic acids is 1. The fourth-order valence-corrected chi connectivity index (χ4v) is 3.38. The van der Waals surface area contributed by atoms with E-state index < -0.39 is 5.97 Å². The molecule has 0 amide bonds. The Labute approximate surface area is 127 Å². The topological polar surface area (TPSA) is 49.3 Å². The third-order valence-corrected chi connectivity index (χ3v) is 4.88. The summed E-state index contributed by atoms with van der Waals surface area (Å²) in [6.45, 7) is 6.53. The van der Waals surface area contributed by atoms with E-state index in [2.05, 4.69) is 19.2 Å². The second kappa shape index (κ2) is 6.97. The molecule has 0 heterocycles. The molecule has 0 aromatic heterocycles. The largest absolute Gasteiger partial charge is 0.478 e. The van der Waals surface area contributed by atoms with E-state index in [-0.39, 0.29) is 0 Å². The Bertz CT molecular complexity index is 496. The van der Waals surface area contributed by atoms with Crippen LogP contribution in [0.15, 0.2) is 18.2 Å². The molecule has 0 aliphatic heterocycles. The third-order valence-electron chi connectivity index (χ3n) is 4.88. The van der Waals surface area contributed by atoms with Gasteiger partial charge in [-0.3, -0.25) is 0 Å². The van der Waals surface area contributed by atoms with Gasteiger partial charge in [-0.25, -0.2) is 4.79 Å². The predicted molar refractivity (Wildman–Crippen MR) is 87.0 cm³/mol. The van der Waals surface area contributed by atoms with Crippen LogP contribution in [0.2, 0.25) is 0 Å². The van der Waals surface area contributed by atoms with E-state index >= 15 is 0 Å². The quantitative estimate of drug-likeness (QED) is 0.789. The minimum absolute atomic E-state index is 0.397. The molecule has 0 radical (unpaired) electrons. The number of hydrogen-bond acceptors (Lipinski definition) is 2. The van der Waals surface area contributed by atoms with Gasteiger partial charge in [0.2, 0.25) is 0 Å². The molecule has 3 nitrogen and oxygen atoms in total. The maximum absolute atomic E-state index is 11.2. The summed E-state index contributed by atoms with van der Waals surface area (Å²) in [5.41, 5.74) is 2.21. The Hall–Kier alpha value is -1.51. The molecule has 116 valence electrons. The van der Waals surface area contributed by atoms with E-state index in [1.54, 1.807) is 6.07 Å². The molecule has 0 saturated heterocycles. The van der Waals surface area contributed by atoms with E-state index in [0.29, 0.717) is 11.6 Å². The highest BCUT2D eigenvalue weighted by Gasteiger charge is 2.21. The molecule has 0 bridgehead atoms. The lowest BCUT2D eigenvalue weighted by molar-refractivity contribution is 0.0696. The van der Waals surface area contributed by atoms with Crippen LogP contribution in [0, 0.1) is 18.8 Å². The minimum Gasteiger partial charge on any atom is -0.478 e. The molecule has 21 heavy (non-hydrogen) atoms. The van der Waals surface area contributed by atoms with Crippen LogP contribution in [-0.4, -0.2) is 17.1 Å². The van der Waals surface area contributed by atoms with Crippen LogP contribution in [0.1, 0.15) is 61.9 Å². The van der Waals surface area contributed by atoms with Crippen molar-refractivity contribution < 1.29 is 9.90 Å². The minimum atomic E-state index is -0.850. The number of carbonyl (C=O) groups is 1. The Morgan fingerprint density at radius 3 is 2.67 bits per heavy atom. The summed E-state index contributed by atoms with van der Waals surface area (Å²) in [6.07, 6.45) is 6.22. The van der Waals surface area contributed by atoms with Gasteiger partial charge in [-0.1, -0.05) is 32.8 Å². The van der Waals surface area contributed by atoms with E-state index in [1.165, 1.54) is 32.1 Å². The number of rotatable bonds is 4. The molecular formula is C18H27NO2. The molecule has 1 aromatic rings. The summed E-state index contributed by atoms with van der Waals surface area (Å²) >= 11 is 0. The first-order valence-corrected chi connectivity index (χ1v) is 8.08. The molecule has 1 fully saturated rings. The van der Waals surface area contributed by atoms with Crippen LogP contribution in [0.3, 0.4) is 0 Å². The van der Waals surface area contributed by atoms with Crippen molar-refractivity contribution in [2.24, 2.45) is 11.8 Å². The second-order valence-electron chi connectivity index (χ2n) is 6.64. The maximum Gasteiger partial charge on any atom is 0.336 e. The van der Waals surface area contributed by atoms with E-state index in [4.69, 9.17) is 0 Å². The van der Waals surface area contributed by atoms with Crippen LogP contribution in [0.5, 0.6) is 0 Å². The molecule has 2 rings (SSSR count). The molecule has 2 N–H and O–H groups in total. The van der Waals surface area contributed by atoms with Crippen molar-refractivity contribution in [3.8, 4) is 0 Å². The average molecular weight is 289 g/mol. The lowest BCUT2D eigenvalue weighted by atomic mass is 9.89. The van der Waals surface area contributed by atoms with Gasteiger partial charge in [0.1, 0.15) is 0 Å². The van der Waals surface area contributed by atoms with Gasteiger partial charge in [-0.15, -0.1) is 0 Å². The zero-order chi connectivity index (χ0) is 15.4. The van der Waals surface area contributed by atoms with Crippen molar-refractivity contribution in [2.75, 3.05) is 5.32 Å². The summed E-state index contributed by atoms with van der Waals surface area (Å²) in [7, 11) is 0. The first kappa shape index (κ1) is 15.9. The number of anilines is 1. The number of carboxylic acids is 1. The Kier molecular flexibility index (Phi) is 5.27.